The highest BCUT2D eigenvalue weighted by Gasteiger charge is 2.16. The maximum absolute atomic E-state index is 12.0. The minimum absolute atomic E-state index is 0.160. The van der Waals surface area contributed by atoms with Gasteiger partial charge in [-0.1, -0.05) is 24.3 Å². The number of rotatable bonds is 4. The van der Waals surface area contributed by atoms with Gasteiger partial charge in [0.2, 0.25) is 11.3 Å². The van der Waals surface area contributed by atoms with Gasteiger partial charge in [0.15, 0.2) is 11.5 Å². The van der Waals surface area contributed by atoms with E-state index in [9.17, 15) is 4.79 Å². The highest BCUT2D eigenvalue weighted by atomic mass is 16.5. The second-order valence-electron chi connectivity index (χ2n) is 5.01. The predicted octanol–water partition coefficient (Wildman–Crippen LogP) is 3.22. The van der Waals surface area contributed by atoms with Crippen LogP contribution in [-0.2, 0) is 0 Å². The van der Waals surface area contributed by atoms with Gasteiger partial charge < -0.3 is 19.2 Å². The molecule has 3 aromatic rings. The van der Waals surface area contributed by atoms with E-state index < -0.39 is 0 Å². The first-order valence-electron chi connectivity index (χ1n) is 7.10. The average Bonchev–Trinajstić information content (AvgIpc) is 2.59. The molecule has 0 atom stereocenters. The maximum Gasteiger partial charge on any atom is 0.249 e. The topological polar surface area (TPSA) is 60.6 Å². The van der Waals surface area contributed by atoms with Crippen LogP contribution in [0.5, 0.6) is 17.2 Å². The Morgan fingerprint density at radius 1 is 0.870 bits per heavy atom. The average molecular weight is 311 g/mol. The van der Waals surface area contributed by atoms with Crippen LogP contribution >= 0.6 is 0 Å². The van der Waals surface area contributed by atoms with Crippen molar-refractivity contribution in [2.75, 3.05) is 21.3 Å². The summed E-state index contributed by atoms with van der Waals surface area (Å²) < 4.78 is 16.1. The zero-order valence-corrected chi connectivity index (χ0v) is 13.2. The fourth-order valence-corrected chi connectivity index (χ4v) is 2.67. The number of hydrogen-bond acceptors (Lipinski definition) is 4. The lowest BCUT2D eigenvalue weighted by Crippen LogP contribution is -2.06. The Morgan fingerprint density at radius 3 is 2.13 bits per heavy atom. The molecule has 2 aromatic carbocycles. The summed E-state index contributed by atoms with van der Waals surface area (Å²) in [6, 6.07) is 12.9. The Labute approximate surface area is 133 Å². The molecule has 0 spiro atoms. The third-order valence-corrected chi connectivity index (χ3v) is 3.72. The van der Waals surface area contributed by atoms with Gasteiger partial charge in [-0.3, -0.25) is 4.79 Å². The number of methoxy groups -OCH3 is 3. The number of aromatic amines is 1. The van der Waals surface area contributed by atoms with Gasteiger partial charge in [0.05, 0.1) is 27.0 Å². The van der Waals surface area contributed by atoms with Crippen molar-refractivity contribution in [3.63, 3.8) is 0 Å². The zero-order chi connectivity index (χ0) is 16.4. The van der Waals surface area contributed by atoms with Gasteiger partial charge in [-0.05, 0) is 17.5 Å². The first kappa shape index (κ1) is 15.0. The third-order valence-electron chi connectivity index (χ3n) is 3.72. The van der Waals surface area contributed by atoms with E-state index in [1.54, 1.807) is 27.4 Å². The lowest BCUT2D eigenvalue weighted by molar-refractivity contribution is 0.324. The van der Waals surface area contributed by atoms with Crippen LogP contribution in [0.25, 0.3) is 22.0 Å². The monoisotopic (exact) mass is 311 g/mol. The van der Waals surface area contributed by atoms with E-state index >= 15 is 0 Å². The van der Waals surface area contributed by atoms with Gasteiger partial charge in [0, 0.05) is 17.0 Å². The van der Waals surface area contributed by atoms with Crippen molar-refractivity contribution in [3.05, 3.63) is 52.8 Å². The number of nitrogens with one attached hydrogen (secondary N) is 1. The van der Waals surface area contributed by atoms with Gasteiger partial charge in [-0.2, -0.15) is 0 Å². The largest absolute Gasteiger partial charge is 0.493 e. The van der Waals surface area contributed by atoms with Crippen molar-refractivity contribution in [2.24, 2.45) is 0 Å². The molecule has 0 amide bonds. The van der Waals surface area contributed by atoms with Crippen LogP contribution < -0.4 is 19.8 Å². The van der Waals surface area contributed by atoms with E-state index in [1.165, 1.54) is 0 Å². The van der Waals surface area contributed by atoms with E-state index in [2.05, 4.69) is 4.98 Å². The van der Waals surface area contributed by atoms with Crippen molar-refractivity contribution < 1.29 is 14.2 Å². The lowest BCUT2D eigenvalue weighted by atomic mass is 10.0. The minimum Gasteiger partial charge on any atom is -0.493 e. The van der Waals surface area contributed by atoms with Crippen LogP contribution in [0.4, 0.5) is 0 Å². The summed E-state index contributed by atoms with van der Waals surface area (Å²) in [5.41, 5.74) is 1.34. The summed E-state index contributed by atoms with van der Waals surface area (Å²) in [6.45, 7) is 0. The number of H-pyrrole nitrogens is 1. The molecule has 0 radical (unpaired) electrons. The van der Waals surface area contributed by atoms with Crippen LogP contribution in [0, 0.1) is 0 Å². The van der Waals surface area contributed by atoms with E-state index in [0.29, 0.717) is 22.9 Å². The number of aromatic nitrogens is 1. The minimum atomic E-state index is -0.160. The van der Waals surface area contributed by atoms with Crippen molar-refractivity contribution in [1.29, 1.82) is 0 Å². The van der Waals surface area contributed by atoms with Gasteiger partial charge in [0.25, 0.3) is 0 Å². The smallest absolute Gasteiger partial charge is 0.249 e. The molecule has 0 bridgehead atoms. The fourth-order valence-electron chi connectivity index (χ4n) is 2.67. The number of ether oxygens (including phenoxy) is 3. The molecular weight excluding hydrogens is 294 g/mol. The highest BCUT2D eigenvalue weighted by Crippen LogP contribution is 2.41. The van der Waals surface area contributed by atoms with E-state index in [0.717, 1.165) is 16.3 Å². The normalized spacial score (nSPS) is 10.6. The summed E-state index contributed by atoms with van der Waals surface area (Å²) in [7, 11) is 4.68. The predicted molar refractivity (Wildman–Crippen MR) is 89.7 cm³/mol. The number of fused-ring (bicyclic) bond motifs is 1. The summed E-state index contributed by atoms with van der Waals surface area (Å²) >= 11 is 0. The van der Waals surface area contributed by atoms with Gasteiger partial charge in [-0.15, -0.1) is 0 Å². The van der Waals surface area contributed by atoms with Gasteiger partial charge in [0.1, 0.15) is 0 Å². The van der Waals surface area contributed by atoms with Crippen molar-refractivity contribution in [3.8, 4) is 28.5 Å². The van der Waals surface area contributed by atoms with Gasteiger partial charge >= 0.3 is 0 Å². The first-order valence-corrected chi connectivity index (χ1v) is 7.10. The Balaban J connectivity index is 2.33. The van der Waals surface area contributed by atoms with Crippen LogP contribution in [0.2, 0.25) is 0 Å². The molecule has 0 saturated heterocycles. The molecule has 1 heterocycles. The molecule has 0 fully saturated rings. The van der Waals surface area contributed by atoms with Crippen molar-refractivity contribution in [1.82, 2.24) is 4.98 Å². The van der Waals surface area contributed by atoms with Crippen molar-refractivity contribution in [2.45, 2.75) is 0 Å². The standard InChI is InChI=1S/C18H17NO4/c1-21-14-8-12(9-15(22-2)18(14)23-3)17-13-7-5-4-6-11(13)10-16(20)19-17/h4-10H,1-3H3,(H,19,20). The van der Waals surface area contributed by atoms with Crippen LogP contribution in [-0.4, -0.2) is 26.3 Å². The molecule has 0 aliphatic carbocycles. The Kier molecular flexibility index (Phi) is 3.93. The molecule has 0 saturated carbocycles. The highest BCUT2D eigenvalue weighted by molar-refractivity contribution is 5.95. The Hall–Kier alpha value is -2.95. The second-order valence-corrected chi connectivity index (χ2v) is 5.01. The van der Waals surface area contributed by atoms with Gasteiger partial charge in [-0.25, -0.2) is 0 Å². The molecule has 5 heteroatoms. The summed E-state index contributed by atoms with van der Waals surface area (Å²) in [5, 5.41) is 1.82. The molecule has 1 aromatic heterocycles. The Bertz CT molecular complexity index is 889. The zero-order valence-electron chi connectivity index (χ0n) is 13.2. The number of pyridine rings is 1. The van der Waals surface area contributed by atoms with E-state index in [1.807, 2.05) is 36.4 Å². The molecule has 1 N–H and O–H groups in total. The molecule has 23 heavy (non-hydrogen) atoms. The molecule has 0 unspecified atom stereocenters. The molecule has 5 nitrogen and oxygen atoms in total. The van der Waals surface area contributed by atoms with E-state index in [4.69, 9.17) is 14.2 Å². The quantitative estimate of drug-likeness (QED) is 0.803. The lowest BCUT2D eigenvalue weighted by Gasteiger charge is -2.15. The third kappa shape index (κ3) is 2.61. The molecule has 0 aliphatic rings. The maximum atomic E-state index is 12.0. The summed E-state index contributed by atoms with van der Waals surface area (Å²) in [6.07, 6.45) is 0. The molecule has 118 valence electrons. The van der Waals surface area contributed by atoms with Crippen LogP contribution in [0.3, 0.4) is 0 Å². The summed E-state index contributed by atoms with van der Waals surface area (Å²) in [5.74, 6) is 1.59. The first-order chi connectivity index (χ1) is 11.2. The number of hydrogen-bond donors (Lipinski definition) is 1. The molecule has 3 rings (SSSR count). The second kappa shape index (κ2) is 6.04. The van der Waals surface area contributed by atoms with E-state index in [-0.39, 0.29) is 5.56 Å². The molecular formula is C18H17NO4. The number of benzene rings is 2. The van der Waals surface area contributed by atoms with Crippen LogP contribution in [0.1, 0.15) is 0 Å². The Morgan fingerprint density at radius 2 is 1.52 bits per heavy atom. The SMILES string of the molecule is COc1cc(-c2[nH]c(=O)cc3ccccc23)cc(OC)c1OC. The molecule has 0 aliphatic heterocycles. The fraction of sp³-hybridized carbons (Fsp3) is 0.167. The summed E-state index contributed by atoms with van der Waals surface area (Å²) in [4.78, 5) is 14.9. The van der Waals surface area contributed by atoms with Crippen molar-refractivity contribution >= 4 is 10.8 Å². The van der Waals surface area contributed by atoms with Crippen LogP contribution in [0.15, 0.2) is 47.3 Å².